The van der Waals surface area contributed by atoms with Crippen LogP contribution in [0.4, 0.5) is 8.78 Å². The van der Waals surface area contributed by atoms with Gasteiger partial charge in [0.05, 0.1) is 5.56 Å². The van der Waals surface area contributed by atoms with Gasteiger partial charge in [-0.3, -0.25) is 4.79 Å². The summed E-state index contributed by atoms with van der Waals surface area (Å²) in [6.07, 6.45) is 2.20. The minimum Gasteiger partial charge on any atom is -0.508 e. The molecule has 0 aliphatic carbocycles. The molecule has 2 aromatic carbocycles. The van der Waals surface area contributed by atoms with E-state index >= 15 is 0 Å². The van der Waals surface area contributed by atoms with Crippen LogP contribution in [0.15, 0.2) is 42.5 Å². The summed E-state index contributed by atoms with van der Waals surface area (Å²) in [6, 6.07) is 6.34. The summed E-state index contributed by atoms with van der Waals surface area (Å²) >= 11 is 0. The van der Waals surface area contributed by atoms with E-state index in [4.69, 9.17) is 0 Å². The van der Waals surface area contributed by atoms with Gasteiger partial charge >= 0.3 is 0 Å². The van der Waals surface area contributed by atoms with E-state index in [9.17, 15) is 23.8 Å². The molecule has 2 rings (SSSR count). The van der Waals surface area contributed by atoms with Crippen molar-refractivity contribution in [1.82, 2.24) is 0 Å². The Morgan fingerprint density at radius 1 is 1.05 bits per heavy atom. The molecule has 0 bridgehead atoms. The topological polar surface area (TPSA) is 57.5 Å². The van der Waals surface area contributed by atoms with E-state index in [-0.39, 0.29) is 17.1 Å². The lowest BCUT2D eigenvalue weighted by Crippen LogP contribution is -1.99. The number of carbonyl (C=O) groups is 1. The molecule has 20 heavy (non-hydrogen) atoms. The van der Waals surface area contributed by atoms with Gasteiger partial charge in [0, 0.05) is 5.56 Å². The van der Waals surface area contributed by atoms with Crippen LogP contribution >= 0.6 is 0 Å². The van der Waals surface area contributed by atoms with Crippen LogP contribution in [0.3, 0.4) is 0 Å². The SMILES string of the molecule is O=C(/C=C/c1cc(O)ccc1O)c1cc(F)ccc1F. The highest BCUT2D eigenvalue weighted by atomic mass is 19.1. The van der Waals surface area contributed by atoms with Crippen molar-refractivity contribution in [2.75, 3.05) is 0 Å². The monoisotopic (exact) mass is 276 g/mol. The summed E-state index contributed by atoms with van der Waals surface area (Å²) in [5, 5.41) is 18.8. The molecule has 0 aliphatic heterocycles. The molecule has 0 saturated heterocycles. The Morgan fingerprint density at radius 3 is 2.55 bits per heavy atom. The molecule has 0 fully saturated rings. The fourth-order valence-electron chi connectivity index (χ4n) is 1.62. The summed E-state index contributed by atoms with van der Waals surface area (Å²) in [5.41, 5.74) is -0.212. The van der Waals surface area contributed by atoms with Crippen molar-refractivity contribution in [3.05, 3.63) is 65.2 Å². The number of benzene rings is 2. The van der Waals surface area contributed by atoms with Crippen molar-refractivity contribution < 1.29 is 23.8 Å². The Hall–Kier alpha value is -2.69. The second kappa shape index (κ2) is 5.52. The summed E-state index contributed by atoms with van der Waals surface area (Å²) in [4.78, 5) is 11.7. The van der Waals surface area contributed by atoms with E-state index in [1.807, 2.05) is 0 Å². The van der Waals surface area contributed by atoms with Gasteiger partial charge in [0.15, 0.2) is 5.78 Å². The fraction of sp³-hybridized carbons (Fsp3) is 0. The first-order chi connectivity index (χ1) is 9.47. The van der Waals surface area contributed by atoms with E-state index in [0.717, 1.165) is 24.3 Å². The van der Waals surface area contributed by atoms with Crippen LogP contribution in [0, 0.1) is 11.6 Å². The van der Waals surface area contributed by atoms with Crippen molar-refractivity contribution in [1.29, 1.82) is 0 Å². The number of halogens is 2. The number of carbonyl (C=O) groups excluding carboxylic acids is 1. The van der Waals surface area contributed by atoms with Crippen LogP contribution in [0.1, 0.15) is 15.9 Å². The van der Waals surface area contributed by atoms with Crippen LogP contribution in [0.5, 0.6) is 11.5 Å². The fourth-order valence-corrected chi connectivity index (χ4v) is 1.62. The minimum atomic E-state index is -0.832. The normalized spacial score (nSPS) is 10.9. The first kappa shape index (κ1) is 13.7. The van der Waals surface area contributed by atoms with E-state index in [1.54, 1.807) is 0 Å². The van der Waals surface area contributed by atoms with E-state index in [1.165, 1.54) is 24.3 Å². The van der Waals surface area contributed by atoms with Crippen molar-refractivity contribution in [3.8, 4) is 11.5 Å². The molecule has 0 aliphatic rings. The molecule has 0 radical (unpaired) electrons. The predicted octanol–water partition coefficient (Wildman–Crippen LogP) is 3.27. The number of allylic oxidation sites excluding steroid dienone is 1. The molecule has 0 unspecified atom stereocenters. The number of hydrogen-bond donors (Lipinski definition) is 2. The quantitative estimate of drug-likeness (QED) is 0.514. The lowest BCUT2D eigenvalue weighted by atomic mass is 10.1. The molecule has 0 spiro atoms. The van der Waals surface area contributed by atoms with Crippen LogP contribution in [0.2, 0.25) is 0 Å². The number of phenols is 2. The van der Waals surface area contributed by atoms with Crippen molar-refractivity contribution in [2.45, 2.75) is 0 Å². The lowest BCUT2D eigenvalue weighted by molar-refractivity contribution is 0.104. The summed E-state index contributed by atoms with van der Waals surface area (Å²) < 4.78 is 26.4. The summed E-state index contributed by atoms with van der Waals surface area (Å²) in [5.74, 6) is -2.53. The Kier molecular flexibility index (Phi) is 3.79. The third-order valence-electron chi connectivity index (χ3n) is 2.62. The van der Waals surface area contributed by atoms with Gasteiger partial charge < -0.3 is 10.2 Å². The Balaban J connectivity index is 2.29. The molecule has 5 heteroatoms. The number of phenolic OH excluding ortho intramolecular Hbond substituents is 2. The van der Waals surface area contributed by atoms with Crippen LogP contribution in [-0.4, -0.2) is 16.0 Å². The molecule has 0 saturated carbocycles. The molecule has 0 heterocycles. The van der Waals surface area contributed by atoms with Gasteiger partial charge in [-0.15, -0.1) is 0 Å². The number of ketones is 1. The highest BCUT2D eigenvalue weighted by Crippen LogP contribution is 2.23. The lowest BCUT2D eigenvalue weighted by Gasteiger charge is -2.01. The zero-order valence-electron chi connectivity index (χ0n) is 10.2. The number of rotatable bonds is 3. The Morgan fingerprint density at radius 2 is 1.80 bits per heavy atom. The molecular formula is C15H10F2O3. The van der Waals surface area contributed by atoms with E-state index < -0.39 is 23.0 Å². The third kappa shape index (κ3) is 3.00. The predicted molar refractivity (Wildman–Crippen MR) is 69.5 cm³/mol. The molecule has 0 aromatic heterocycles. The van der Waals surface area contributed by atoms with Crippen molar-refractivity contribution in [3.63, 3.8) is 0 Å². The molecule has 2 N–H and O–H groups in total. The van der Waals surface area contributed by atoms with Gasteiger partial charge in [-0.05, 0) is 48.6 Å². The summed E-state index contributed by atoms with van der Waals surface area (Å²) in [6.45, 7) is 0. The smallest absolute Gasteiger partial charge is 0.188 e. The second-order valence-corrected chi connectivity index (χ2v) is 4.06. The van der Waals surface area contributed by atoms with E-state index in [2.05, 4.69) is 0 Å². The van der Waals surface area contributed by atoms with Gasteiger partial charge in [0.1, 0.15) is 23.1 Å². The minimum absolute atomic E-state index is 0.0909. The largest absolute Gasteiger partial charge is 0.508 e. The molecule has 2 aromatic rings. The van der Waals surface area contributed by atoms with Crippen LogP contribution in [-0.2, 0) is 0 Å². The maximum atomic E-state index is 13.4. The molecule has 0 atom stereocenters. The standard InChI is InChI=1S/C15H10F2O3/c16-10-2-4-13(17)12(8-10)15(20)5-1-9-7-11(18)3-6-14(9)19/h1-8,18-19H/b5-1+. The highest BCUT2D eigenvalue weighted by Gasteiger charge is 2.10. The molecule has 3 nitrogen and oxygen atoms in total. The maximum Gasteiger partial charge on any atom is 0.188 e. The van der Waals surface area contributed by atoms with Gasteiger partial charge in [0.2, 0.25) is 0 Å². The molecular weight excluding hydrogens is 266 g/mol. The highest BCUT2D eigenvalue weighted by molar-refractivity contribution is 6.07. The zero-order chi connectivity index (χ0) is 14.7. The first-order valence-corrected chi connectivity index (χ1v) is 5.67. The average Bonchev–Trinajstić information content (AvgIpc) is 2.42. The Labute approximate surface area is 113 Å². The third-order valence-corrected chi connectivity index (χ3v) is 2.62. The van der Waals surface area contributed by atoms with Gasteiger partial charge in [-0.1, -0.05) is 0 Å². The van der Waals surface area contributed by atoms with Gasteiger partial charge in [-0.2, -0.15) is 0 Å². The molecule has 0 amide bonds. The number of aromatic hydroxyl groups is 2. The summed E-state index contributed by atoms with van der Waals surface area (Å²) in [7, 11) is 0. The second-order valence-electron chi connectivity index (χ2n) is 4.06. The van der Waals surface area contributed by atoms with Crippen molar-refractivity contribution in [2.24, 2.45) is 0 Å². The van der Waals surface area contributed by atoms with Gasteiger partial charge in [-0.25, -0.2) is 8.78 Å². The first-order valence-electron chi connectivity index (χ1n) is 5.67. The van der Waals surface area contributed by atoms with Crippen LogP contribution in [0.25, 0.3) is 6.08 Å². The molecule has 102 valence electrons. The van der Waals surface area contributed by atoms with Gasteiger partial charge in [0.25, 0.3) is 0 Å². The Bertz CT molecular complexity index is 694. The zero-order valence-corrected chi connectivity index (χ0v) is 10.2. The maximum absolute atomic E-state index is 13.4. The van der Waals surface area contributed by atoms with Crippen molar-refractivity contribution >= 4 is 11.9 Å². The average molecular weight is 276 g/mol. The van der Waals surface area contributed by atoms with Crippen LogP contribution < -0.4 is 0 Å². The van der Waals surface area contributed by atoms with E-state index in [0.29, 0.717) is 0 Å². The number of hydrogen-bond acceptors (Lipinski definition) is 3.